The fourth-order valence-corrected chi connectivity index (χ4v) is 3.49. The summed E-state index contributed by atoms with van der Waals surface area (Å²) < 4.78 is 5.21. The number of rotatable bonds is 18. The average Bonchev–Trinajstić information content (AvgIpc) is 2.58. The first-order valence-electron chi connectivity index (χ1n) is 11.6. The van der Waals surface area contributed by atoms with Gasteiger partial charge in [-0.2, -0.15) is 0 Å². The largest absolute Gasteiger partial charge is 0.466 e. The Bertz CT molecular complexity index is 311. The molecule has 2 nitrogen and oxygen atoms in total. The molecule has 0 aliphatic heterocycles. The molecule has 0 amide bonds. The fraction of sp³-hybridized carbons (Fsp3) is 0.958. The van der Waals surface area contributed by atoms with E-state index in [0.29, 0.717) is 13.0 Å². The molecule has 156 valence electrons. The third-order valence-electron chi connectivity index (χ3n) is 5.46. The van der Waals surface area contributed by atoms with Crippen LogP contribution in [0.2, 0.25) is 0 Å². The van der Waals surface area contributed by atoms with E-state index in [1.165, 1.54) is 57.8 Å². The summed E-state index contributed by atoms with van der Waals surface area (Å²) in [5.74, 6) is 2.50. The molecule has 2 atom stereocenters. The number of carbonyl (C=O) groups excluding carboxylic acids is 1. The molecule has 0 rings (SSSR count). The van der Waals surface area contributed by atoms with Crippen LogP contribution in [-0.4, -0.2) is 12.6 Å². The first kappa shape index (κ1) is 25.5. The van der Waals surface area contributed by atoms with E-state index < -0.39 is 0 Å². The predicted octanol–water partition coefficient (Wildman–Crippen LogP) is 7.94. The highest BCUT2D eigenvalue weighted by molar-refractivity contribution is 5.69. The van der Waals surface area contributed by atoms with Gasteiger partial charge >= 0.3 is 5.97 Å². The van der Waals surface area contributed by atoms with E-state index >= 15 is 0 Å². The van der Waals surface area contributed by atoms with Gasteiger partial charge in [0, 0.05) is 6.42 Å². The number of hydrogen-bond donors (Lipinski definition) is 0. The van der Waals surface area contributed by atoms with Crippen molar-refractivity contribution in [2.75, 3.05) is 6.61 Å². The van der Waals surface area contributed by atoms with Crippen LogP contribution in [0.25, 0.3) is 0 Å². The number of ether oxygens (including phenoxy) is 1. The lowest BCUT2D eigenvalue weighted by Crippen LogP contribution is -2.06. The van der Waals surface area contributed by atoms with Gasteiger partial charge in [0.25, 0.3) is 0 Å². The Morgan fingerprint density at radius 1 is 0.692 bits per heavy atom. The zero-order valence-corrected chi connectivity index (χ0v) is 18.7. The van der Waals surface area contributed by atoms with Crippen LogP contribution in [0.5, 0.6) is 0 Å². The molecule has 0 aromatic carbocycles. The van der Waals surface area contributed by atoms with Crippen molar-refractivity contribution in [3.63, 3.8) is 0 Å². The minimum absolute atomic E-state index is 0.00645. The van der Waals surface area contributed by atoms with Gasteiger partial charge in [-0.3, -0.25) is 4.79 Å². The Labute approximate surface area is 164 Å². The highest BCUT2D eigenvalue weighted by Crippen LogP contribution is 2.20. The van der Waals surface area contributed by atoms with E-state index in [1.807, 2.05) is 0 Å². The van der Waals surface area contributed by atoms with E-state index in [0.717, 1.165) is 43.4 Å². The molecule has 0 spiro atoms. The lowest BCUT2D eigenvalue weighted by molar-refractivity contribution is -0.143. The van der Waals surface area contributed by atoms with Crippen molar-refractivity contribution in [3.05, 3.63) is 0 Å². The summed E-state index contributed by atoms with van der Waals surface area (Å²) in [4.78, 5) is 11.6. The number of esters is 1. The van der Waals surface area contributed by atoms with Crippen molar-refractivity contribution in [2.45, 2.75) is 125 Å². The van der Waals surface area contributed by atoms with Crippen LogP contribution in [0.15, 0.2) is 0 Å². The zero-order chi connectivity index (χ0) is 19.6. The molecule has 0 heterocycles. The third-order valence-corrected chi connectivity index (χ3v) is 5.46. The number of hydrogen-bond acceptors (Lipinski definition) is 2. The fourth-order valence-electron chi connectivity index (χ4n) is 3.49. The standard InChI is InChI=1S/C24H48O2/c1-6-7-20-26-24(25)19-13-18-23(5)16-10-8-9-15-22(4)17-12-11-14-21(2)3/h21-23H,6-20H2,1-5H3. The molecule has 2 unspecified atom stereocenters. The highest BCUT2D eigenvalue weighted by atomic mass is 16.5. The minimum atomic E-state index is -0.00645. The Kier molecular flexibility index (Phi) is 17.5. The van der Waals surface area contributed by atoms with Gasteiger partial charge in [-0.25, -0.2) is 0 Å². The Morgan fingerprint density at radius 2 is 1.19 bits per heavy atom. The molecule has 26 heavy (non-hydrogen) atoms. The molecule has 0 N–H and O–H groups in total. The second-order valence-electron chi connectivity index (χ2n) is 8.99. The van der Waals surface area contributed by atoms with Crippen molar-refractivity contribution < 1.29 is 9.53 Å². The molecule has 0 bridgehead atoms. The van der Waals surface area contributed by atoms with Crippen LogP contribution >= 0.6 is 0 Å². The van der Waals surface area contributed by atoms with E-state index in [2.05, 4.69) is 34.6 Å². The van der Waals surface area contributed by atoms with Gasteiger partial charge in [0.05, 0.1) is 6.61 Å². The summed E-state index contributed by atoms with van der Waals surface area (Å²) in [5, 5.41) is 0. The number of unbranched alkanes of at least 4 members (excludes halogenated alkanes) is 4. The van der Waals surface area contributed by atoms with Gasteiger partial charge in [0.15, 0.2) is 0 Å². The van der Waals surface area contributed by atoms with Crippen LogP contribution in [0, 0.1) is 17.8 Å². The highest BCUT2D eigenvalue weighted by Gasteiger charge is 2.07. The average molecular weight is 369 g/mol. The lowest BCUT2D eigenvalue weighted by Gasteiger charge is -2.13. The van der Waals surface area contributed by atoms with Crippen molar-refractivity contribution in [1.82, 2.24) is 0 Å². The van der Waals surface area contributed by atoms with E-state index in [1.54, 1.807) is 0 Å². The topological polar surface area (TPSA) is 26.3 Å². The van der Waals surface area contributed by atoms with Gasteiger partial charge in [0.1, 0.15) is 0 Å². The predicted molar refractivity (Wildman–Crippen MR) is 114 cm³/mol. The van der Waals surface area contributed by atoms with Crippen molar-refractivity contribution in [1.29, 1.82) is 0 Å². The van der Waals surface area contributed by atoms with E-state index in [-0.39, 0.29) is 5.97 Å². The molecule has 0 aliphatic rings. The first-order chi connectivity index (χ1) is 12.5. The van der Waals surface area contributed by atoms with Crippen LogP contribution in [0.4, 0.5) is 0 Å². The summed E-state index contributed by atoms with van der Waals surface area (Å²) in [5.41, 5.74) is 0. The maximum Gasteiger partial charge on any atom is 0.305 e. The smallest absolute Gasteiger partial charge is 0.305 e. The first-order valence-corrected chi connectivity index (χ1v) is 11.6. The van der Waals surface area contributed by atoms with Crippen LogP contribution in [0.3, 0.4) is 0 Å². The Balaban J connectivity index is 3.42. The number of carbonyl (C=O) groups is 1. The van der Waals surface area contributed by atoms with E-state index in [9.17, 15) is 4.79 Å². The maximum absolute atomic E-state index is 11.6. The summed E-state index contributed by atoms with van der Waals surface area (Å²) in [6.45, 7) is 12.1. The van der Waals surface area contributed by atoms with Crippen molar-refractivity contribution >= 4 is 5.97 Å². The second-order valence-corrected chi connectivity index (χ2v) is 8.99. The Hall–Kier alpha value is -0.530. The molecule has 0 saturated carbocycles. The summed E-state index contributed by atoms with van der Waals surface area (Å²) in [6, 6.07) is 0. The van der Waals surface area contributed by atoms with Crippen LogP contribution in [-0.2, 0) is 9.53 Å². The summed E-state index contributed by atoms with van der Waals surface area (Å²) >= 11 is 0. The SMILES string of the molecule is CCCCOC(=O)CCCC(C)CCCCCC(C)CCCCC(C)C. The molecular weight excluding hydrogens is 320 g/mol. The molecule has 0 aliphatic carbocycles. The molecular formula is C24H48O2. The van der Waals surface area contributed by atoms with Crippen molar-refractivity contribution in [2.24, 2.45) is 17.8 Å². The minimum Gasteiger partial charge on any atom is -0.466 e. The molecule has 0 aromatic heterocycles. The quantitative estimate of drug-likeness (QED) is 0.181. The maximum atomic E-state index is 11.6. The van der Waals surface area contributed by atoms with Gasteiger partial charge in [-0.15, -0.1) is 0 Å². The third kappa shape index (κ3) is 18.3. The van der Waals surface area contributed by atoms with Gasteiger partial charge in [-0.05, 0) is 30.6 Å². The van der Waals surface area contributed by atoms with Gasteiger partial charge < -0.3 is 4.74 Å². The van der Waals surface area contributed by atoms with Crippen LogP contribution in [0.1, 0.15) is 125 Å². The summed E-state index contributed by atoms with van der Waals surface area (Å²) in [7, 11) is 0. The van der Waals surface area contributed by atoms with Gasteiger partial charge in [0.2, 0.25) is 0 Å². The summed E-state index contributed by atoms with van der Waals surface area (Å²) in [6.07, 6.45) is 17.3. The molecule has 0 aromatic rings. The van der Waals surface area contributed by atoms with E-state index in [4.69, 9.17) is 4.74 Å². The zero-order valence-electron chi connectivity index (χ0n) is 18.7. The lowest BCUT2D eigenvalue weighted by atomic mass is 9.93. The van der Waals surface area contributed by atoms with Crippen molar-refractivity contribution in [3.8, 4) is 0 Å². The van der Waals surface area contributed by atoms with Gasteiger partial charge in [-0.1, -0.05) is 105 Å². The second kappa shape index (κ2) is 17.9. The normalized spacial score (nSPS) is 13.8. The molecule has 0 saturated heterocycles. The monoisotopic (exact) mass is 368 g/mol. The molecule has 2 heteroatoms. The Morgan fingerprint density at radius 3 is 1.73 bits per heavy atom. The molecule has 0 radical (unpaired) electrons. The molecule has 0 fully saturated rings. The van der Waals surface area contributed by atoms with Crippen LogP contribution < -0.4 is 0 Å².